The number of ether oxygens (including phenoxy) is 2. The zero-order valence-corrected chi connectivity index (χ0v) is 16.1. The maximum Gasteiger partial charge on any atom is 0.330 e. The van der Waals surface area contributed by atoms with Gasteiger partial charge in [0.1, 0.15) is 12.3 Å². The maximum atomic E-state index is 13.5. The third-order valence-electron chi connectivity index (χ3n) is 4.81. The molecule has 0 bridgehead atoms. The van der Waals surface area contributed by atoms with Crippen molar-refractivity contribution >= 4 is 0 Å². The zero-order chi connectivity index (χ0) is 20.5. The summed E-state index contributed by atoms with van der Waals surface area (Å²) >= 11 is 0. The third-order valence-corrected chi connectivity index (χ3v) is 4.81. The molecule has 28 heavy (non-hydrogen) atoms. The van der Waals surface area contributed by atoms with Gasteiger partial charge in [0, 0.05) is 6.42 Å². The SMILES string of the molecule is CC(C)(C)c1ccc(COC[C@@H]2O[C@H](n3cc(F)c(=O)[nH]c3=O)CC2O)cc1. The molecule has 1 aromatic carbocycles. The van der Waals surface area contributed by atoms with E-state index in [1.807, 2.05) is 17.1 Å². The summed E-state index contributed by atoms with van der Waals surface area (Å²) in [6.07, 6.45) is -1.50. The van der Waals surface area contributed by atoms with Crippen LogP contribution in [0.3, 0.4) is 0 Å². The van der Waals surface area contributed by atoms with Crippen molar-refractivity contribution in [1.29, 1.82) is 0 Å². The Morgan fingerprint density at radius 1 is 1.29 bits per heavy atom. The minimum Gasteiger partial charge on any atom is -0.390 e. The van der Waals surface area contributed by atoms with Crippen molar-refractivity contribution in [2.45, 2.75) is 57.6 Å². The van der Waals surface area contributed by atoms with Crippen LogP contribution < -0.4 is 11.2 Å². The molecule has 1 aromatic heterocycles. The number of benzene rings is 1. The molecule has 7 nitrogen and oxygen atoms in total. The molecule has 2 N–H and O–H groups in total. The smallest absolute Gasteiger partial charge is 0.330 e. The second-order valence-electron chi connectivity index (χ2n) is 8.04. The molecule has 0 amide bonds. The van der Waals surface area contributed by atoms with Gasteiger partial charge < -0.3 is 14.6 Å². The van der Waals surface area contributed by atoms with Gasteiger partial charge in [0.05, 0.1) is 25.5 Å². The Hall–Kier alpha value is -2.29. The van der Waals surface area contributed by atoms with Gasteiger partial charge in [-0.25, -0.2) is 4.79 Å². The second-order valence-corrected chi connectivity index (χ2v) is 8.04. The van der Waals surface area contributed by atoms with Gasteiger partial charge in [-0.2, -0.15) is 4.39 Å². The van der Waals surface area contributed by atoms with E-state index in [-0.39, 0.29) is 18.4 Å². The summed E-state index contributed by atoms with van der Waals surface area (Å²) in [6.45, 7) is 6.92. The molecule has 3 atom stereocenters. The molecule has 0 spiro atoms. The van der Waals surface area contributed by atoms with Gasteiger partial charge in [-0.1, -0.05) is 45.0 Å². The number of rotatable bonds is 5. The van der Waals surface area contributed by atoms with Crippen LogP contribution in [0.5, 0.6) is 0 Å². The summed E-state index contributed by atoms with van der Waals surface area (Å²) in [6, 6.07) is 8.12. The molecular formula is C20H25FN2O5. The Bertz CT molecular complexity index is 929. The first-order chi connectivity index (χ1) is 13.1. The van der Waals surface area contributed by atoms with Gasteiger partial charge in [-0.3, -0.25) is 14.3 Å². The lowest BCUT2D eigenvalue weighted by atomic mass is 9.87. The molecule has 1 unspecified atom stereocenters. The van der Waals surface area contributed by atoms with Gasteiger partial charge in [0.25, 0.3) is 5.56 Å². The Kier molecular flexibility index (Phi) is 5.83. The first-order valence-corrected chi connectivity index (χ1v) is 9.17. The van der Waals surface area contributed by atoms with Crippen molar-refractivity contribution in [3.63, 3.8) is 0 Å². The number of aromatic nitrogens is 2. The van der Waals surface area contributed by atoms with Crippen molar-refractivity contribution in [1.82, 2.24) is 9.55 Å². The van der Waals surface area contributed by atoms with Gasteiger partial charge in [0.2, 0.25) is 5.82 Å². The van der Waals surface area contributed by atoms with Crippen LogP contribution in [0.15, 0.2) is 40.1 Å². The van der Waals surface area contributed by atoms with E-state index in [1.54, 1.807) is 0 Å². The molecule has 3 rings (SSSR count). The average Bonchev–Trinajstić information content (AvgIpc) is 2.98. The van der Waals surface area contributed by atoms with E-state index in [2.05, 4.69) is 32.9 Å². The van der Waals surface area contributed by atoms with Crippen LogP contribution in [0, 0.1) is 5.82 Å². The first kappa shape index (κ1) is 20.4. The van der Waals surface area contributed by atoms with Crippen molar-refractivity contribution in [2.24, 2.45) is 0 Å². The molecule has 152 valence electrons. The summed E-state index contributed by atoms with van der Waals surface area (Å²) in [5.74, 6) is -1.09. The lowest BCUT2D eigenvalue weighted by molar-refractivity contribution is -0.0669. The number of H-pyrrole nitrogens is 1. The number of hydrogen-bond donors (Lipinski definition) is 2. The predicted molar refractivity (Wildman–Crippen MR) is 101 cm³/mol. The normalized spacial score (nSPS) is 22.5. The molecule has 0 aliphatic carbocycles. The highest BCUT2D eigenvalue weighted by molar-refractivity contribution is 5.27. The molecule has 8 heteroatoms. The molecule has 1 saturated heterocycles. The summed E-state index contributed by atoms with van der Waals surface area (Å²) in [7, 11) is 0. The van der Waals surface area contributed by atoms with Crippen molar-refractivity contribution in [2.75, 3.05) is 6.61 Å². The molecular weight excluding hydrogens is 367 g/mol. The van der Waals surface area contributed by atoms with E-state index in [0.29, 0.717) is 6.61 Å². The maximum absolute atomic E-state index is 13.5. The highest BCUT2D eigenvalue weighted by atomic mass is 19.1. The van der Waals surface area contributed by atoms with Crippen LogP contribution in [0.4, 0.5) is 4.39 Å². The second kappa shape index (κ2) is 7.98. The van der Waals surface area contributed by atoms with E-state index in [1.165, 1.54) is 5.56 Å². The van der Waals surface area contributed by atoms with E-state index in [0.717, 1.165) is 16.3 Å². The van der Waals surface area contributed by atoms with Crippen LogP contribution in [0.2, 0.25) is 0 Å². The molecule has 1 fully saturated rings. The van der Waals surface area contributed by atoms with E-state index in [9.17, 15) is 19.1 Å². The fraction of sp³-hybridized carbons (Fsp3) is 0.500. The Morgan fingerprint density at radius 2 is 1.96 bits per heavy atom. The molecule has 0 radical (unpaired) electrons. The van der Waals surface area contributed by atoms with Gasteiger partial charge in [0.15, 0.2) is 0 Å². The van der Waals surface area contributed by atoms with Crippen LogP contribution in [0.25, 0.3) is 0 Å². The van der Waals surface area contributed by atoms with Crippen LogP contribution in [-0.2, 0) is 21.5 Å². The number of nitrogens with one attached hydrogen (secondary N) is 1. The van der Waals surface area contributed by atoms with Crippen LogP contribution in [0.1, 0.15) is 44.5 Å². The zero-order valence-electron chi connectivity index (χ0n) is 16.1. The van der Waals surface area contributed by atoms with Crippen molar-refractivity contribution in [3.8, 4) is 0 Å². The average molecular weight is 392 g/mol. The number of nitrogens with zero attached hydrogens (tertiary/aromatic N) is 1. The standard InChI is InChI=1S/C20H25FN2O5/c1-20(2,3)13-6-4-12(5-7-13)10-27-11-16-15(24)8-17(28-16)23-9-14(21)18(25)22-19(23)26/h4-7,9,15-17,24H,8,10-11H2,1-3H3,(H,22,25,26)/t15?,16-,17-/m0/s1. The molecule has 0 saturated carbocycles. The summed E-state index contributed by atoms with van der Waals surface area (Å²) in [4.78, 5) is 24.8. The van der Waals surface area contributed by atoms with E-state index < -0.39 is 35.5 Å². The monoisotopic (exact) mass is 392 g/mol. The summed E-state index contributed by atoms with van der Waals surface area (Å²) < 4.78 is 25.7. The lowest BCUT2D eigenvalue weighted by Crippen LogP contribution is -2.34. The molecule has 1 aliphatic rings. The highest BCUT2D eigenvalue weighted by Gasteiger charge is 2.35. The van der Waals surface area contributed by atoms with E-state index >= 15 is 0 Å². The Labute approximate surface area is 161 Å². The number of aromatic amines is 1. The largest absolute Gasteiger partial charge is 0.390 e. The van der Waals surface area contributed by atoms with Gasteiger partial charge in [-0.15, -0.1) is 0 Å². The predicted octanol–water partition coefficient (Wildman–Crippen LogP) is 1.84. The molecule has 2 heterocycles. The van der Waals surface area contributed by atoms with Crippen LogP contribution >= 0.6 is 0 Å². The number of aliphatic hydroxyl groups excluding tert-OH is 1. The van der Waals surface area contributed by atoms with Crippen LogP contribution in [-0.4, -0.2) is 33.5 Å². The Balaban J connectivity index is 1.57. The number of aliphatic hydroxyl groups is 1. The first-order valence-electron chi connectivity index (χ1n) is 9.17. The minimum absolute atomic E-state index is 0.0788. The number of hydrogen-bond acceptors (Lipinski definition) is 5. The van der Waals surface area contributed by atoms with Gasteiger partial charge in [-0.05, 0) is 16.5 Å². The number of halogens is 1. The molecule has 2 aromatic rings. The van der Waals surface area contributed by atoms with Crippen molar-refractivity contribution in [3.05, 3.63) is 68.2 Å². The van der Waals surface area contributed by atoms with Crippen molar-refractivity contribution < 1.29 is 19.0 Å². The summed E-state index contributed by atoms with van der Waals surface area (Å²) in [5.41, 5.74) is 0.430. The summed E-state index contributed by atoms with van der Waals surface area (Å²) in [5, 5.41) is 10.2. The highest BCUT2D eigenvalue weighted by Crippen LogP contribution is 2.28. The Morgan fingerprint density at radius 3 is 2.61 bits per heavy atom. The fourth-order valence-electron chi connectivity index (χ4n) is 3.10. The van der Waals surface area contributed by atoms with Gasteiger partial charge >= 0.3 is 5.69 Å². The topological polar surface area (TPSA) is 93.5 Å². The molecule has 1 aliphatic heterocycles. The third kappa shape index (κ3) is 4.57. The quantitative estimate of drug-likeness (QED) is 0.810. The van der Waals surface area contributed by atoms with E-state index in [4.69, 9.17) is 9.47 Å². The fourth-order valence-corrected chi connectivity index (χ4v) is 3.10. The lowest BCUT2D eigenvalue weighted by Gasteiger charge is -2.19. The minimum atomic E-state index is -1.09.